The Balaban J connectivity index is 1.28. The van der Waals surface area contributed by atoms with Gasteiger partial charge in [-0.1, -0.05) is 24.3 Å². The predicted molar refractivity (Wildman–Crippen MR) is 129 cm³/mol. The number of rotatable bonds is 6. The Kier molecular flexibility index (Phi) is 6.49. The molecule has 2 aromatic carbocycles. The number of amides is 1. The molecule has 0 atom stereocenters. The summed E-state index contributed by atoms with van der Waals surface area (Å²) in [5.41, 5.74) is 4.62. The molecule has 0 bridgehead atoms. The zero-order valence-corrected chi connectivity index (χ0v) is 19.1. The van der Waals surface area contributed by atoms with Crippen LogP contribution in [0.3, 0.4) is 0 Å². The first-order valence-corrected chi connectivity index (χ1v) is 11.3. The van der Waals surface area contributed by atoms with Crippen LogP contribution in [0.25, 0.3) is 10.9 Å². The molecule has 0 unspecified atom stereocenters. The van der Waals surface area contributed by atoms with E-state index in [0.29, 0.717) is 25.2 Å². The number of aryl methyl sites for hydroxylation is 2. The molecule has 1 aliphatic rings. The third-order valence-corrected chi connectivity index (χ3v) is 6.46. The molecule has 1 amide bonds. The Morgan fingerprint density at radius 3 is 2.53 bits per heavy atom. The van der Waals surface area contributed by atoms with Crippen LogP contribution in [0.4, 0.5) is 5.69 Å². The van der Waals surface area contributed by atoms with Crippen molar-refractivity contribution >= 4 is 22.5 Å². The first-order chi connectivity index (χ1) is 15.5. The molecule has 1 fully saturated rings. The minimum absolute atomic E-state index is 0.100. The maximum atomic E-state index is 12.7. The molecule has 0 saturated carbocycles. The van der Waals surface area contributed by atoms with Crippen molar-refractivity contribution in [1.82, 2.24) is 9.47 Å². The van der Waals surface area contributed by atoms with Crippen LogP contribution in [0.5, 0.6) is 5.75 Å². The van der Waals surface area contributed by atoms with Crippen LogP contribution in [-0.4, -0.2) is 48.2 Å². The zero-order chi connectivity index (χ0) is 22.7. The van der Waals surface area contributed by atoms with E-state index in [9.17, 15) is 9.59 Å². The summed E-state index contributed by atoms with van der Waals surface area (Å²) in [6.07, 6.45) is 1.08. The molecule has 1 aliphatic heterocycles. The lowest BCUT2D eigenvalue weighted by Gasteiger charge is -2.37. The lowest BCUT2D eigenvalue weighted by atomic mass is 10.1. The molecular weight excluding hydrogens is 402 g/mol. The van der Waals surface area contributed by atoms with E-state index in [0.717, 1.165) is 37.1 Å². The normalized spacial score (nSPS) is 14.1. The van der Waals surface area contributed by atoms with E-state index in [1.165, 1.54) is 22.9 Å². The van der Waals surface area contributed by atoms with E-state index in [1.54, 1.807) is 11.6 Å². The van der Waals surface area contributed by atoms with Gasteiger partial charge in [-0.3, -0.25) is 9.59 Å². The van der Waals surface area contributed by atoms with Gasteiger partial charge in [-0.2, -0.15) is 0 Å². The number of piperazine rings is 1. The van der Waals surface area contributed by atoms with Crippen molar-refractivity contribution in [3.63, 3.8) is 0 Å². The number of carbonyl (C=O) groups is 1. The summed E-state index contributed by atoms with van der Waals surface area (Å²) in [5.74, 6) is 0.751. The molecule has 4 rings (SSSR count). The Bertz CT molecular complexity index is 1180. The van der Waals surface area contributed by atoms with Gasteiger partial charge in [-0.05, 0) is 49.6 Å². The van der Waals surface area contributed by atoms with Gasteiger partial charge < -0.3 is 19.1 Å². The number of benzene rings is 2. The SMILES string of the molecule is Cc1cccc(N2CCN(C(=O)CCCOc3cc(=O)n(C)c4ccccc34)CC2)c1C. The molecule has 32 heavy (non-hydrogen) atoms. The molecule has 6 heteroatoms. The average Bonchev–Trinajstić information content (AvgIpc) is 2.81. The maximum Gasteiger partial charge on any atom is 0.254 e. The van der Waals surface area contributed by atoms with Crippen LogP contribution in [-0.2, 0) is 11.8 Å². The van der Waals surface area contributed by atoms with Gasteiger partial charge in [-0.25, -0.2) is 0 Å². The van der Waals surface area contributed by atoms with Crippen molar-refractivity contribution in [2.75, 3.05) is 37.7 Å². The summed E-state index contributed by atoms with van der Waals surface area (Å²) in [4.78, 5) is 29.2. The molecule has 2 heterocycles. The summed E-state index contributed by atoms with van der Waals surface area (Å²) in [6, 6.07) is 15.6. The van der Waals surface area contributed by atoms with Crippen molar-refractivity contribution < 1.29 is 9.53 Å². The summed E-state index contributed by atoms with van der Waals surface area (Å²) in [7, 11) is 1.76. The number of nitrogens with zero attached hydrogens (tertiary/aromatic N) is 3. The highest BCUT2D eigenvalue weighted by Gasteiger charge is 2.22. The van der Waals surface area contributed by atoms with Gasteiger partial charge in [0.05, 0.1) is 12.1 Å². The van der Waals surface area contributed by atoms with Crippen LogP contribution in [0, 0.1) is 13.8 Å². The van der Waals surface area contributed by atoms with Crippen molar-refractivity contribution in [1.29, 1.82) is 0 Å². The monoisotopic (exact) mass is 433 g/mol. The van der Waals surface area contributed by atoms with E-state index < -0.39 is 0 Å². The summed E-state index contributed by atoms with van der Waals surface area (Å²) < 4.78 is 7.51. The summed E-state index contributed by atoms with van der Waals surface area (Å²) in [5, 5.41) is 0.906. The van der Waals surface area contributed by atoms with Gasteiger partial charge in [0.2, 0.25) is 5.91 Å². The average molecular weight is 434 g/mol. The highest BCUT2D eigenvalue weighted by molar-refractivity contribution is 5.85. The maximum absolute atomic E-state index is 12.7. The fourth-order valence-electron chi connectivity index (χ4n) is 4.34. The Hall–Kier alpha value is -3.28. The van der Waals surface area contributed by atoms with Crippen LogP contribution in [0.1, 0.15) is 24.0 Å². The van der Waals surface area contributed by atoms with Gasteiger partial charge in [0, 0.05) is 56.8 Å². The first-order valence-electron chi connectivity index (χ1n) is 11.3. The van der Waals surface area contributed by atoms with E-state index in [4.69, 9.17) is 4.74 Å². The van der Waals surface area contributed by atoms with Gasteiger partial charge >= 0.3 is 0 Å². The predicted octanol–water partition coefficient (Wildman–Crippen LogP) is 3.66. The molecule has 1 aromatic heterocycles. The molecular formula is C26H31N3O3. The second-order valence-corrected chi connectivity index (χ2v) is 8.46. The molecule has 0 radical (unpaired) electrons. The standard InChI is InChI=1S/C26H31N3O3/c1-19-8-6-11-22(20(19)2)28-13-15-29(16-14-28)25(30)12-7-17-32-24-18-26(31)27(3)23-10-5-4-9-21(23)24/h4-6,8-11,18H,7,12-17H2,1-3H3. The van der Waals surface area contributed by atoms with Crippen molar-refractivity contribution in [3.05, 3.63) is 70.0 Å². The van der Waals surface area contributed by atoms with Gasteiger partial charge in [0.1, 0.15) is 5.75 Å². The van der Waals surface area contributed by atoms with Crippen molar-refractivity contribution in [2.24, 2.45) is 7.05 Å². The van der Waals surface area contributed by atoms with Crippen molar-refractivity contribution in [2.45, 2.75) is 26.7 Å². The number of hydrogen-bond acceptors (Lipinski definition) is 4. The molecule has 0 spiro atoms. The fourth-order valence-corrected chi connectivity index (χ4v) is 4.34. The highest BCUT2D eigenvalue weighted by atomic mass is 16.5. The molecule has 0 aliphatic carbocycles. The van der Waals surface area contributed by atoms with Gasteiger partial charge in [0.15, 0.2) is 0 Å². The third kappa shape index (κ3) is 4.49. The number of para-hydroxylation sites is 1. The molecule has 6 nitrogen and oxygen atoms in total. The van der Waals surface area contributed by atoms with Crippen LogP contribution >= 0.6 is 0 Å². The number of fused-ring (bicyclic) bond motifs is 1. The van der Waals surface area contributed by atoms with Crippen LogP contribution in [0.2, 0.25) is 0 Å². The fraction of sp³-hybridized carbons (Fsp3) is 0.385. The number of carbonyl (C=O) groups excluding carboxylic acids is 1. The number of hydrogen-bond donors (Lipinski definition) is 0. The van der Waals surface area contributed by atoms with E-state index in [-0.39, 0.29) is 11.5 Å². The molecule has 168 valence electrons. The number of aromatic nitrogens is 1. The zero-order valence-electron chi connectivity index (χ0n) is 19.1. The topological polar surface area (TPSA) is 54.8 Å². The Labute approximate surface area is 189 Å². The molecule has 3 aromatic rings. The highest BCUT2D eigenvalue weighted by Crippen LogP contribution is 2.25. The molecule has 0 N–H and O–H groups in total. The van der Waals surface area contributed by atoms with E-state index in [2.05, 4.69) is 36.9 Å². The second kappa shape index (κ2) is 9.47. The lowest BCUT2D eigenvalue weighted by molar-refractivity contribution is -0.131. The number of ether oxygens (including phenoxy) is 1. The smallest absolute Gasteiger partial charge is 0.254 e. The largest absolute Gasteiger partial charge is 0.493 e. The minimum atomic E-state index is -0.100. The van der Waals surface area contributed by atoms with Crippen LogP contribution < -0.4 is 15.2 Å². The van der Waals surface area contributed by atoms with E-state index >= 15 is 0 Å². The Morgan fingerprint density at radius 1 is 1.00 bits per heavy atom. The Morgan fingerprint density at radius 2 is 1.75 bits per heavy atom. The molecule has 1 saturated heterocycles. The van der Waals surface area contributed by atoms with Gasteiger partial charge in [0.25, 0.3) is 5.56 Å². The number of pyridine rings is 1. The summed E-state index contributed by atoms with van der Waals surface area (Å²) >= 11 is 0. The summed E-state index contributed by atoms with van der Waals surface area (Å²) in [6.45, 7) is 7.90. The van der Waals surface area contributed by atoms with Gasteiger partial charge in [-0.15, -0.1) is 0 Å². The third-order valence-electron chi connectivity index (χ3n) is 6.46. The first kappa shape index (κ1) is 21.9. The lowest BCUT2D eigenvalue weighted by Crippen LogP contribution is -2.49. The van der Waals surface area contributed by atoms with Crippen LogP contribution in [0.15, 0.2) is 53.3 Å². The van der Waals surface area contributed by atoms with E-state index in [1.807, 2.05) is 29.2 Å². The second-order valence-electron chi connectivity index (χ2n) is 8.46. The van der Waals surface area contributed by atoms with Crippen molar-refractivity contribution in [3.8, 4) is 5.75 Å². The quantitative estimate of drug-likeness (QED) is 0.557. The number of anilines is 1. The minimum Gasteiger partial charge on any atom is -0.493 e.